The van der Waals surface area contributed by atoms with Gasteiger partial charge in [-0.2, -0.15) is 0 Å². The van der Waals surface area contributed by atoms with Gasteiger partial charge in [-0.05, 0) is 18.2 Å². The zero-order valence-electron chi connectivity index (χ0n) is 10.2. The Bertz CT molecular complexity index is 803. The number of ketones is 1. The van der Waals surface area contributed by atoms with Crippen LogP contribution in [-0.4, -0.2) is 15.8 Å². The van der Waals surface area contributed by atoms with E-state index in [0.717, 1.165) is 10.9 Å². The third-order valence-electron chi connectivity index (χ3n) is 3.05. The first kappa shape index (κ1) is 13.0. The van der Waals surface area contributed by atoms with E-state index in [1.165, 1.54) is 12.1 Å². The van der Waals surface area contributed by atoms with Crippen LogP contribution in [0.25, 0.3) is 10.9 Å². The molecule has 20 heavy (non-hydrogen) atoms. The average molecular weight is 306 g/mol. The second-order valence-corrected chi connectivity index (χ2v) is 5.10. The van der Waals surface area contributed by atoms with Gasteiger partial charge in [-0.3, -0.25) is 9.78 Å². The Morgan fingerprint density at radius 2 is 2.10 bits per heavy atom. The molecule has 100 valence electrons. The van der Waals surface area contributed by atoms with Gasteiger partial charge in [0.1, 0.15) is 0 Å². The quantitative estimate of drug-likeness (QED) is 0.560. The predicted molar refractivity (Wildman–Crippen MR) is 80.4 cm³/mol. The zero-order valence-corrected chi connectivity index (χ0v) is 11.7. The van der Waals surface area contributed by atoms with Gasteiger partial charge in [-0.15, -0.1) is 0 Å². The molecule has 0 aliphatic heterocycles. The predicted octanol–water partition coefficient (Wildman–Crippen LogP) is 3.68. The number of nitrogens with two attached hydrogens (primary N) is 1. The third-order valence-corrected chi connectivity index (χ3v) is 3.86. The fourth-order valence-electron chi connectivity index (χ4n) is 2.05. The molecule has 0 spiro atoms. The van der Waals surface area contributed by atoms with E-state index >= 15 is 0 Å². The molecule has 3 rings (SSSR count). The van der Waals surface area contributed by atoms with E-state index in [9.17, 15) is 4.79 Å². The van der Waals surface area contributed by atoms with E-state index in [1.807, 2.05) is 0 Å². The molecule has 0 bridgehead atoms. The summed E-state index contributed by atoms with van der Waals surface area (Å²) in [6.45, 7) is 0. The van der Waals surface area contributed by atoms with Crippen molar-refractivity contribution in [2.24, 2.45) is 0 Å². The number of H-pyrrole nitrogens is 1. The highest BCUT2D eigenvalue weighted by atomic mass is 35.5. The second kappa shape index (κ2) is 4.81. The lowest BCUT2D eigenvalue weighted by atomic mass is 10.0. The number of aromatic nitrogens is 2. The summed E-state index contributed by atoms with van der Waals surface area (Å²) in [4.78, 5) is 19.6. The Morgan fingerprint density at radius 1 is 1.30 bits per heavy atom. The van der Waals surface area contributed by atoms with Gasteiger partial charge < -0.3 is 10.7 Å². The number of hydrogen-bond donors (Lipinski definition) is 2. The van der Waals surface area contributed by atoms with Crippen molar-refractivity contribution in [3.8, 4) is 0 Å². The first-order chi connectivity index (χ1) is 9.58. The molecule has 0 unspecified atom stereocenters. The number of halogens is 2. The number of anilines is 1. The SMILES string of the molecule is Nc1cc(C(=O)c2c[nH]c3ccncc23)cc(Cl)c1Cl. The molecule has 3 N–H and O–H groups in total. The van der Waals surface area contributed by atoms with Crippen molar-refractivity contribution in [2.45, 2.75) is 0 Å². The molecular weight excluding hydrogens is 297 g/mol. The van der Waals surface area contributed by atoms with Crippen molar-refractivity contribution in [2.75, 3.05) is 5.73 Å². The number of pyridine rings is 1. The van der Waals surface area contributed by atoms with Crippen LogP contribution in [0.15, 0.2) is 36.8 Å². The van der Waals surface area contributed by atoms with Crippen molar-refractivity contribution >= 4 is 45.6 Å². The fourth-order valence-corrected chi connectivity index (χ4v) is 2.38. The summed E-state index contributed by atoms with van der Waals surface area (Å²) in [6, 6.07) is 4.83. The molecule has 4 nitrogen and oxygen atoms in total. The van der Waals surface area contributed by atoms with Crippen molar-refractivity contribution in [3.63, 3.8) is 0 Å². The average Bonchev–Trinajstić information content (AvgIpc) is 2.87. The number of fused-ring (bicyclic) bond motifs is 1. The number of aromatic amines is 1. The Hall–Kier alpha value is -2.04. The van der Waals surface area contributed by atoms with Crippen LogP contribution in [0.4, 0.5) is 5.69 Å². The Labute approximate surface area is 124 Å². The van der Waals surface area contributed by atoms with Gasteiger partial charge in [-0.1, -0.05) is 23.2 Å². The molecule has 3 aromatic rings. The van der Waals surface area contributed by atoms with Crippen molar-refractivity contribution in [1.29, 1.82) is 0 Å². The maximum atomic E-state index is 12.5. The highest BCUT2D eigenvalue weighted by molar-refractivity contribution is 6.44. The van der Waals surface area contributed by atoms with Crippen molar-refractivity contribution in [1.82, 2.24) is 9.97 Å². The minimum atomic E-state index is -0.186. The number of nitrogen functional groups attached to an aromatic ring is 1. The summed E-state index contributed by atoms with van der Waals surface area (Å²) in [5.74, 6) is -0.186. The first-order valence-electron chi connectivity index (χ1n) is 5.78. The zero-order chi connectivity index (χ0) is 14.3. The van der Waals surface area contributed by atoms with Gasteiger partial charge in [0.05, 0.1) is 15.7 Å². The summed E-state index contributed by atoms with van der Waals surface area (Å²) < 4.78 is 0. The number of rotatable bonds is 2. The summed E-state index contributed by atoms with van der Waals surface area (Å²) in [6.07, 6.45) is 4.94. The second-order valence-electron chi connectivity index (χ2n) is 4.31. The molecule has 0 atom stereocenters. The number of carbonyl (C=O) groups excluding carboxylic acids is 1. The molecular formula is C14H9Cl2N3O. The van der Waals surface area contributed by atoms with Crippen LogP contribution < -0.4 is 5.73 Å². The maximum absolute atomic E-state index is 12.5. The topological polar surface area (TPSA) is 71.8 Å². The number of nitrogens with zero attached hydrogens (tertiary/aromatic N) is 1. The van der Waals surface area contributed by atoms with Gasteiger partial charge in [0.25, 0.3) is 0 Å². The lowest BCUT2D eigenvalue weighted by Gasteiger charge is -2.05. The van der Waals surface area contributed by atoms with E-state index in [4.69, 9.17) is 28.9 Å². The van der Waals surface area contributed by atoms with Gasteiger partial charge in [-0.25, -0.2) is 0 Å². The van der Waals surface area contributed by atoms with Crippen LogP contribution >= 0.6 is 23.2 Å². The van der Waals surface area contributed by atoms with Gasteiger partial charge in [0.15, 0.2) is 5.78 Å². The van der Waals surface area contributed by atoms with Gasteiger partial charge >= 0.3 is 0 Å². The lowest BCUT2D eigenvalue weighted by Crippen LogP contribution is -2.02. The van der Waals surface area contributed by atoms with E-state index in [0.29, 0.717) is 11.1 Å². The molecule has 1 aromatic carbocycles. The van der Waals surface area contributed by atoms with Gasteiger partial charge in [0.2, 0.25) is 0 Å². The van der Waals surface area contributed by atoms with Crippen LogP contribution in [0, 0.1) is 0 Å². The molecule has 0 saturated carbocycles. The van der Waals surface area contributed by atoms with Crippen LogP contribution in [0.5, 0.6) is 0 Å². The number of nitrogens with one attached hydrogen (secondary N) is 1. The van der Waals surface area contributed by atoms with Crippen molar-refractivity contribution < 1.29 is 4.79 Å². The Balaban J connectivity index is 2.13. The molecule has 2 aromatic heterocycles. The van der Waals surface area contributed by atoms with Crippen LogP contribution in [0.2, 0.25) is 10.0 Å². The Morgan fingerprint density at radius 3 is 2.85 bits per heavy atom. The van der Waals surface area contributed by atoms with Crippen LogP contribution in [-0.2, 0) is 0 Å². The highest BCUT2D eigenvalue weighted by Crippen LogP contribution is 2.31. The molecule has 0 radical (unpaired) electrons. The first-order valence-corrected chi connectivity index (χ1v) is 6.54. The largest absolute Gasteiger partial charge is 0.397 e. The van der Waals surface area contributed by atoms with E-state index < -0.39 is 0 Å². The van der Waals surface area contributed by atoms with Crippen LogP contribution in [0.1, 0.15) is 15.9 Å². The minimum Gasteiger partial charge on any atom is -0.397 e. The van der Waals surface area contributed by atoms with E-state index in [2.05, 4.69) is 9.97 Å². The fraction of sp³-hybridized carbons (Fsp3) is 0. The monoisotopic (exact) mass is 305 g/mol. The number of benzene rings is 1. The van der Waals surface area contributed by atoms with E-state index in [-0.39, 0.29) is 21.5 Å². The maximum Gasteiger partial charge on any atom is 0.195 e. The smallest absolute Gasteiger partial charge is 0.195 e. The van der Waals surface area contributed by atoms with Crippen molar-refractivity contribution in [3.05, 3.63) is 58.0 Å². The third kappa shape index (κ3) is 2.03. The summed E-state index contributed by atoms with van der Waals surface area (Å²) in [5, 5.41) is 1.26. The normalized spacial score (nSPS) is 10.9. The molecule has 0 aliphatic rings. The van der Waals surface area contributed by atoms with E-state index in [1.54, 1.807) is 24.7 Å². The molecule has 0 aliphatic carbocycles. The summed E-state index contributed by atoms with van der Waals surface area (Å²) in [7, 11) is 0. The highest BCUT2D eigenvalue weighted by Gasteiger charge is 2.16. The number of carbonyl (C=O) groups is 1. The molecule has 0 fully saturated rings. The lowest BCUT2D eigenvalue weighted by molar-refractivity contribution is 0.104. The molecule has 2 heterocycles. The van der Waals surface area contributed by atoms with Crippen LogP contribution in [0.3, 0.4) is 0 Å². The number of hydrogen-bond acceptors (Lipinski definition) is 3. The molecule has 0 amide bonds. The van der Waals surface area contributed by atoms with Gasteiger partial charge in [0, 0.05) is 40.6 Å². The standard InChI is InChI=1S/C14H9Cl2N3O/c15-10-3-7(4-11(17)13(10)16)14(20)9-6-19-12-1-2-18-5-8(9)12/h1-6,19H,17H2. The summed E-state index contributed by atoms with van der Waals surface area (Å²) >= 11 is 11.8. The minimum absolute atomic E-state index is 0.186. The molecule has 0 saturated heterocycles. The summed E-state index contributed by atoms with van der Waals surface area (Å²) in [5.41, 5.74) is 7.77. The molecule has 6 heteroatoms. The Kier molecular flexibility index (Phi) is 3.12.